The highest BCUT2D eigenvalue weighted by molar-refractivity contribution is 5.75. The van der Waals surface area contributed by atoms with Crippen molar-refractivity contribution >= 4 is 5.78 Å². The Morgan fingerprint density at radius 2 is 2.45 bits per heavy atom. The maximum absolute atomic E-state index is 10.5. The lowest BCUT2D eigenvalue weighted by atomic mass is 10.2. The fourth-order valence-electron chi connectivity index (χ4n) is 0.842. The number of Topliss-reactive ketones (excluding diaryl/α,β-unsaturated/α-hetero) is 1. The lowest BCUT2D eigenvalue weighted by molar-refractivity contribution is -0.117. The van der Waals surface area contributed by atoms with Crippen molar-refractivity contribution in [1.82, 2.24) is 15.0 Å². The van der Waals surface area contributed by atoms with Gasteiger partial charge in [-0.2, -0.15) is 0 Å². The molecule has 11 heavy (non-hydrogen) atoms. The van der Waals surface area contributed by atoms with Crippen LogP contribution in [-0.4, -0.2) is 20.8 Å². The summed E-state index contributed by atoms with van der Waals surface area (Å²) in [6.07, 6.45) is 4.90. The van der Waals surface area contributed by atoms with E-state index in [2.05, 4.69) is 10.3 Å². The minimum atomic E-state index is 0.227. The van der Waals surface area contributed by atoms with Gasteiger partial charge in [-0.1, -0.05) is 5.21 Å². The van der Waals surface area contributed by atoms with Gasteiger partial charge >= 0.3 is 0 Å². The van der Waals surface area contributed by atoms with Crippen LogP contribution in [0.4, 0.5) is 0 Å². The number of rotatable bonds is 4. The van der Waals surface area contributed by atoms with Crippen LogP contribution in [0.3, 0.4) is 0 Å². The summed E-state index contributed by atoms with van der Waals surface area (Å²) >= 11 is 0. The molecular formula is C7H11N3O. The van der Waals surface area contributed by atoms with E-state index in [0.717, 1.165) is 13.0 Å². The van der Waals surface area contributed by atoms with Gasteiger partial charge in [-0.05, 0) is 13.3 Å². The summed E-state index contributed by atoms with van der Waals surface area (Å²) < 4.78 is 1.73. The molecule has 1 aromatic rings. The van der Waals surface area contributed by atoms with Crippen molar-refractivity contribution in [3.8, 4) is 0 Å². The lowest BCUT2D eigenvalue weighted by Gasteiger charge is -1.96. The van der Waals surface area contributed by atoms with Crippen molar-refractivity contribution in [2.24, 2.45) is 0 Å². The summed E-state index contributed by atoms with van der Waals surface area (Å²) in [5, 5.41) is 7.42. The van der Waals surface area contributed by atoms with E-state index in [-0.39, 0.29) is 5.78 Å². The Labute approximate surface area is 65.2 Å². The van der Waals surface area contributed by atoms with E-state index in [1.165, 1.54) is 0 Å². The molecule has 1 heterocycles. The molecule has 0 radical (unpaired) electrons. The van der Waals surface area contributed by atoms with Gasteiger partial charge in [0.15, 0.2) is 0 Å². The Hall–Kier alpha value is -1.19. The van der Waals surface area contributed by atoms with Gasteiger partial charge in [-0.25, -0.2) is 0 Å². The van der Waals surface area contributed by atoms with E-state index in [1.807, 2.05) is 0 Å². The largest absolute Gasteiger partial charge is 0.300 e. The van der Waals surface area contributed by atoms with Crippen LogP contribution < -0.4 is 0 Å². The number of aryl methyl sites for hydroxylation is 1. The van der Waals surface area contributed by atoms with Gasteiger partial charge in [0.1, 0.15) is 5.78 Å². The van der Waals surface area contributed by atoms with Gasteiger partial charge < -0.3 is 4.79 Å². The number of hydrogen-bond donors (Lipinski definition) is 0. The molecule has 0 saturated heterocycles. The first kappa shape index (κ1) is 7.91. The summed E-state index contributed by atoms with van der Waals surface area (Å²) in [6, 6.07) is 0. The van der Waals surface area contributed by atoms with Gasteiger partial charge in [-0.3, -0.25) is 4.68 Å². The van der Waals surface area contributed by atoms with E-state index in [0.29, 0.717) is 6.42 Å². The Kier molecular flexibility index (Phi) is 2.77. The third-order valence-corrected chi connectivity index (χ3v) is 1.39. The molecule has 0 aliphatic carbocycles. The van der Waals surface area contributed by atoms with E-state index in [4.69, 9.17) is 0 Å². The zero-order valence-electron chi connectivity index (χ0n) is 6.53. The molecule has 4 nitrogen and oxygen atoms in total. The van der Waals surface area contributed by atoms with Gasteiger partial charge in [0.05, 0.1) is 6.20 Å². The topological polar surface area (TPSA) is 47.8 Å². The average molecular weight is 153 g/mol. The Morgan fingerprint density at radius 3 is 3.00 bits per heavy atom. The molecule has 0 atom stereocenters. The third kappa shape index (κ3) is 2.93. The number of ketones is 1. The summed E-state index contributed by atoms with van der Waals surface area (Å²) in [6.45, 7) is 2.38. The molecule has 0 spiro atoms. The standard InChI is InChI=1S/C7H11N3O/c1-7(11)3-2-5-10-6-4-8-9-10/h4,6H,2-3,5H2,1H3. The average Bonchev–Trinajstić information content (AvgIpc) is 2.39. The molecular weight excluding hydrogens is 142 g/mol. The third-order valence-electron chi connectivity index (χ3n) is 1.39. The smallest absolute Gasteiger partial charge is 0.129 e. The van der Waals surface area contributed by atoms with Crippen LogP contribution in [0, 0.1) is 0 Å². The summed E-state index contributed by atoms with van der Waals surface area (Å²) in [7, 11) is 0. The van der Waals surface area contributed by atoms with Gasteiger partial charge in [0.2, 0.25) is 0 Å². The van der Waals surface area contributed by atoms with Crippen LogP contribution >= 0.6 is 0 Å². The minimum Gasteiger partial charge on any atom is -0.300 e. The first-order valence-corrected chi connectivity index (χ1v) is 3.62. The molecule has 0 aliphatic rings. The van der Waals surface area contributed by atoms with Crippen molar-refractivity contribution in [3.63, 3.8) is 0 Å². The quantitative estimate of drug-likeness (QED) is 0.638. The summed E-state index contributed by atoms with van der Waals surface area (Å²) in [4.78, 5) is 10.5. The van der Waals surface area contributed by atoms with Crippen LogP contribution in [-0.2, 0) is 11.3 Å². The molecule has 0 fully saturated rings. The highest BCUT2D eigenvalue weighted by atomic mass is 16.1. The second-order valence-electron chi connectivity index (χ2n) is 2.47. The molecule has 0 bridgehead atoms. The molecule has 0 unspecified atom stereocenters. The molecule has 0 N–H and O–H groups in total. The maximum Gasteiger partial charge on any atom is 0.129 e. The van der Waals surface area contributed by atoms with E-state index < -0.39 is 0 Å². The van der Waals surface area contributed by atoms with Crippen LogP contribution in [0.2, 0.25) is 0 Å². The molecule has 0 aliphatic heterocycles. The van der Waals surface area contributed by atoms with Crippen LogP contribution in [0.1, 0.15) is 19.8 Å². The molecule has 1 aromatic heterocycles. The van der Waals surface area contributed by atoms with E-state index >= 15 is 0 Å². The van der Waals surface area contributed by atoms with Crippen molar-refractivity contribution in [1.29, 1.82) is 0 Å². The fourth-order valence-corrected chi connectivity index (χ4v) is 0.842. The van der Waals surface area contributed by atoms with Gasteiger partial charge in [0, 0.05) is 19.2 Å². The summed E-state index contributed by atoms with van der Waals surface area (Å²) in [5.74, 6) is 0.227. The van der Waals surface area contributed by atoms with E-state index in [9.17, 15) is 4.79 Å². The van der Waals surface area contributed by atoms with Crippen molar-refractivity contribution in [2.75, 3.05) is 0 Å². The normalized spacial score (nSPS) is 9.91. The molecule has 0 aromatic carbocycles. The van der Waals surface area contributed by atoms with Crippen LogP contribution in [0.5, 0.6) is 0 Å². The molecule has 0 saturated carbocycles. The predicted molar refractivity (Wildman–Crippen MR) is 39.9 cm³/mol. The zero-order valence-corrected chi connectivity index (χ0v) is 6.53. The minimum absolute atomic E-state index is 0.227. The molecule has 4 heteroatoms. The van der Waals surface area contributed by atoms with E-state index in [1.54, 1.807) is 24.0 Å². The number of nitrogens with zero attached hydrogens (tertiary/aromatic N) is 3. The first-order valence-electron chi connectivity index (χ1n) is 3.62. The monoisotopic (exact) mass is 153 g/mol. The first-order chi connectivity index (χ1) is 5.29. The van der Waals surface area contributed by atoms with Crippen molar-refractivity contribution in [3.05, 3.63) is 12.4 Å². The number of carbonyl (C=O) groups excluding carboxylic acids is 1. The Balaban J connectivity index is 2.19. The Morgan fingerprint density at radius 1 is 1.64 bits per heavy atom. The highest BCUT2D eigenvalue weighted by Crippen LogP contribution is 1.93. The van der Waals surface area contributed by atoms with Gasteiger partial charge in [-0.15, -0.1) is 5.10 Å². The number of carbonyl (C=O) groups is 1. The molecule has 60 valence electrons. The fraction of sp³-hybridized carbons (Fsp3) is 0.571. The second-order valence-corrected chi connectivity index (χ2v) is 2.47. The zero-order chi connectivity index (χ0) is 8.10. The Bertz CT molecular complexity index is 218. The molecule has 1 rings (SSSR count). The second kappa shape index (κ2) is 3.85. The van der Waals surface area contributed by atoms with Crippen LogP contribution in [0.15, 0.2) is 12.4 Å². The van der Waals surface area contributed by atoms with Crippen LogP contribution in [0.25, 0.3) is 0 Å². The van der Waals surface area contributed by atoms with Crippen molar-refractivity contribution in [2.45, 2.75) is 26.3 Å². The van der Waals surface area contributed by atoms with Gasteiger partial charge in [0.25, 0.3) is 0 Å². The molecule has 0 amide bonds. The number of aromatic nitrogens is 3. The number of hydrogen-bond acceptors (Lipinski definition) is 3. The highest BCUT2D eigenvalue weighted by Gasteiger charge is 1.94. The maximum atomic E-state index is 10.5. The lowest BCUT2D eigenvalue weighted by Crippen LogP contribution is -2.01. The van der Waals surface area contributed by atoms with Crippen molar-refractivity contribution < 1.29 is 4.79 Å². The SMILES string of the molecule is CC(=O)CCCn1ccnn1. The predicted octanol–water partition coefficient (Wildman–Crippen LogP) is 0.647. The summed E-state index contributed by atoms with van der Waals surface area (Å²) in [5.41, 5.74) is 0.